The first-order valence-corrected chi connectivity index (χ1v) is 8.64. The van der Waals surface area contributed by atoms with Crippen LogP contribution in [0.25, 0.3) is 10.9 Å². The maximum atomic E-state index is 13.2. The molecule has 1 aromatic heterocycles. The molecule has 2 aromatic carbocycles. The number of halogens is 3. The van der Waals surface area contributed by atoms with Gasteiger partial charge in [-0.25, -0.2) is 4.39 Å². The Morgan fingerprint density at radius 1 is 1.13 bits per heavy atom. The zero-order valence-electron chi connectivity index (χ0n) is 12.7. The summed E-state index contributed by atoms with van der Waals surface area (Å²) in [5.74, 6) is 0.507. The van der Waals surface area contributed by atoms with Gasteiger partial charge in [0.15, 0.2) is 5.75 Å². The Hall–Kier alpha value is -1.46. The van der Waals surface area contributed by atoms with Crippen LogP contribution in [0.4, 0.5) is 4.39 Å². The van der Waals surface area contributed by atoms with E-state index in [4.69, 9.17) is 4.74 Å². The predicted molar refractivity (Wildman–Crippen MR) is 97.6 cm³/mol. The van der Waals surface area contributed by atoms with E-state index >= 15 is 0 Å². The number of aromatic nitrogens is 1. The van der Waals surface area contributed by atoms with E-state index in [1.807, 2.05) is 25.3 Å². The molecule has 0 aliphatic heterocycles. The molecule has 5 heteroatoms. The average Bonchev–Trinajstić information content (AvgIpc) is 2.51. The first-order chi connectivity index (χ1) is 11.0. The van der Waals surface area contributed by atoms with Gasteiger partial charge in [0.1, 0.15) is 11.3 Å². The molecule has 0 aliphatic rings. The van der Waals surface area contributed by atoms with Crippen molar-refractivity contribution < 1.29 is 9.13 Å². The van der Waals surface area contributed by atoms with Crippen molar-refractivity contribution in [2.45, 2.75) is 13.3 Å². The number of nitrogens with zero attached hydrogens (tertiary/aromatic N) is 1. The minimum absolute atomic E-state index is 0.208. The smallest absolute Gasteiger partial charge is 0.159 e. The molecular formula is C18H14Br2FNO. The molecule has 0 amide bonds. The van der Waals surface area contributed by atoms with Crippen LogP contribution in [-0.4, -0.2) is 12.1 Å². The van der Waals surface area contributed by atoms with Gasteiger partial charge in [-0.1, -0.05) is 22.0 Å². The van der Waals surface area contributed by atoms with Gasteiger partial charge in [0, 0.05) is 16.1 Å². The van der Waals surface area contributed by atoms with Crippen molar-refractivity contribution in [3.8, 4) is 5.75 Å². The molecule has 118 valence electrons. The summed E-state index contributed by atoms with van der Waals surface area (Å²) in [4.78, 5) is 4.56. The molecule has 0 aliphatic carbocycles. The molecule has 0 unspecified atom stereocenters. The number of hydrogen-bond donors (Lipinski definition) is 0. The monoisotopic (exact) mass is 437 g/mol. The van der Waals surface area contributed by atoms with E-state index in [2.05, 4.69) is 42.9 Å². The summed E-state index contributed by atoms with van der Waals surface area (Å²) >= 11 is 7.07. The molecule has 0 saturated carbocycles. The highest BCUT2D eigenvalue weighted by Crippen LogP contribution is 2.37. The van der Waals surface area contributed by atoms with Gasteiger partial charge in [0.2, 0.25) is 0 Å². The number of aryl methyl sites for hydroxylation is 1. The standard InChI is InChI=1S/C18H14Br2FNO/c1-10-5-13(21)4-3-12(10)6-11-7-14-15(19)8-16(20)18(23-2)17(14)22-9-11/h3-5,7-9H,6H2,1-2H3. The molecule has 0 atom stereocenters. The van der Waals surface area contributed by atoms with Crippen LogP contribution in [0.5, 0.6) is 5.75 Å². The SMILES string of the molecule is COc1c(Br)cc(Br)c2cc(Cc3ccc(F)cc3C)cnc12. The second-order valence-electron chi connectivity index (χ2n) is 5.36. The molecule has 3 aromatic rings. The highest BCUT2D eigenvalue weighted by Gasteiger charge is 2.12. The fraction of sp³-hybridized carbons (Fsp3) is 0.167. The Morgan fingerprint density at radius 2 is 1.91 bits per heavy atom. The van der Waals surface area contributed by atoms with Crippen molar-refractivity contribution in [3.05, 3.63) is 68.0 Å². The van der Waals surface area contributed by atoms with Gasteiger partial charge in [0.05, 0.1) is 11.6 Å². The Kier molecular flexibility index (Phi) is 4.69. The molecule has 1 heterocycles. The summed E-state index contributed by atoms with van der Waals surface area (Å²) in [6.45, 7) is 1.92. The van der Waals surface area contributed by atoms with Crippen LogP contribution in [0.1, 0.15) is 16.7 Å². The Morgan fingerprint density at radius 3 is 2.61 bits per heavy atom. The maximum absolute atomic E-state index is 13.2. The third kappa shape index (κ3) is 3.26. The fourth-order valence-electron chi connectivity index (χ4n) is 2.61. The Balaban J connectivity index is 2.06. The van der Waals surface area contributed by atoms with Gasteiger partial charge in [-0.3, -0.25) is 4.98 Å². The summed E-state index contributed by atoms with van der Waals surface area (Å²) < 4.78 is 20.5. The Bertz CT molecular complexity index is 896. The molecule has 0 spiro atoms. The summed E-state index contributed by atoms with van der Waals surface area (Å²) in [7, 11) is 1.63. The average molecular weight is 439 g/mol. The minimum atomic E-state index is -0.208. The summed E-state index contributed by atoms with van der Waals surface area (Å²) in [5, 5.41) is 0.988. The van der Waals surface area contributed by atoms with E-state index in [-0.39, 0.29) is 5.82 Å². The van der Waals surface area contributed by atoms with E-state index in [0.717, 1.165) is 36.5 Å². The molecule has 0 N–H and O–H groups in total. The maximum Gasteiger partial charge on any atom is 0.159 e. The number of pyridine rings is 1. The second-order valence-corrected chi connectivity index (χ2v) is 7.07. The van der Waals surface area contributed by atoms with Gasteiger partial charge in [0.25, 0.3) is 0 Å². The molecular weight excluding hydrogens is 425 g/mol. The number of fused-ring (bicyclic) bond motifs is 1. The molecule has 3 rings (SSSR count). The molecule has 0 fully saturated rings. The van der Waals surface area contributed by atoms with E-state index < -0.39 is 0 Å². The van der Waals surface area contributed by atoms with Gasteiger partial charge >= 0.3 is 0 Å². The van der Waals surface area contributed by atoms with E-state index in [1.54, 1.807) is 13.2 Å². The van der Waals surface area contributed by atoms with Crippen LogP contribution in [0.3, 0.4) is 0 Å². The lowest BCUT2D eigenvalue weighted by molar-refractivity contribution is 0.416. The first kappa shape index (κ1) is 16.4. The molecule has 0 bridgehead atoms. The van der Waals surface area contributed by atoms with Crippen LogP contribution >= 0.6 is 31.9 Å². The van der Waals surface area contributed by atoms with Gasteiger partial charge < -0.3 is 4.74 Å². The van der Waals surface area contributed by atoms with Crippen molar-refractivity contribution in [1.82, 2.24) is 4.98 Å². The fourth-order valence-corrected chi connectivity index (χ4v) is 4.02. The molecule has 2 nitrogen and oxygen atoms in total. The topological polar surface area (TPSA) is 22.1 Å². The van der Waals surface area contributed by atoms with Crippen LogP contribution in [0.2, 0.25) is 0 Å². The van der Waals surface area contributed by atoms with Crippen molar-refractivity contribution in [1.29, 1.82) is 0 Å². The van der Waals surface area contributed by atoms with Crippen molar-refractivity contribution in [3.63, 3.8) is 0 Å². The van der Waals surface area contributed by atoms with Crippen LogP contribution in [-0.2, 0) is 6.42 Å². The summed E-state index contributed by atoms with van der Waals surface area (Å²) in [6, 6.07) is 8.92. The summed E-state index contributed by atoms with van der Waals surface area (Å²) in [6.07, 6.45) is 2.55. The van der Waals surface area contributed by atoms with Crippen LogP contribution < -0.4 is 4.74 Å². The highest BCUT2D eigenvalue weighted by atomic mass is 79.9. The van der Waals surface area contributed by atoms with Crippen molar-refractivity contribution in [2.24, 2.45) is 0 Å². The largest absolute Gasteiger partial charge is 0.493 e. The minimum Gasteiger partial charge on any atom is -0.493 e. The van der Waals surface area contributed by atoms with Crippen LogP contribution in [0.15, 0.2) is 45.5 Å². The normalized spacial score (nSPS) is 11.0. The number of rotatable bonds is 3. The Labute approximate surface area is 150 Å². The second kappa shape index (κ2) is 6.57. The zero-order valence-corrected chi connectivity index (χ0v) is 15.8. The summed E-state index contributed by atoms with van der Waals surface area (Å²) in [5.41, 5.74) is 3.90. The van der Waals surface area contributed by atoms with Gasteiger partial charge in [-0.05, 0) is 70.2 Å². The number of ether oxygens (including phenoxy) is 1. The highest BCUT2D eigenvalue weighted by molar-refractivity contribution is 9.11. The third-order valence-corrected chi connectivity index (χ3v) is 5.04. The molecule has 23 heavy (non-hydrogen) atoms. The zero-order chi connectivity index (χ0) is 16.6. The quantitative estimate of drug-likeness (QED) is 0.515. The number of benzene rings is 2. The van der Waals surface area contributed by atoms with Gasteiger partial charge in [-0.2, -0.15) is 0 Å². The molecule has 0 radical (unpaired) electrons. The lowest BCUT2D eigenvalue weighted by Crippen LogP contribution is -1.96. The number of methoxy groups -OCH3 is 1. The lowest BCUT2D eigenvalue weighted by atomic mass is 10.0. The first-order valence-electron chi connectivity index (χ1n) is 7.05. The predicted octanol–water partition coefficient (Wildman–Crippen LogP) is 5.81. The van der Waals surface area contributed by atoms with E-state index in [0.29, 0.717) is 12.2 Å². The van der Waals surface area contributed by atoms with Crippen molar-refractivity contribution >= 4 is 42.8 Å². The molecule has 0 saturated heterocycles. The number of hydrogen-bond acceptors (Lipinski definition) is 2. The van der Waals surface area contributed by atoms with E-state index in [1.165, 1.54) is 6.07 Å². The van der Waals surface area contributed by atoms with E-state index in [9.17, 15) is 4.39 Å². The van der Waals surface area contributed by atoms with Gasteiger partial charge in [-0.15, -0.1) is 0 Å². The third-order valence-electron chi connectivity index (χ3n) is 3.79. The van der Waals surface area contributed by atoms with Crippen molar-refractivity contribution in [2.75, 3.05) is 7.11 Å². The lowest BCUT2D eigenvalue weighted by Gasteiger charge is -2.11. The van der Waals surface area contributed by atoms with Crippen LogP contribution in [0, 0.1) is 12.7 Å².